The van der Waals surface area contributed by atoms with Crippen molar-refractivity contribution in [1.29, 1.82) is 0 Å². The highest BCUT2D eigenvalue weighted by Crippen LogP contribution is 2.30. The van der Waals surface area contributed by atoms with Gasteiger partial charge in [-0.3, -0.25) is 10.1 Å². The molecule has 4 rings (SSSR count). The molecule has 0 aliphatic carbocycles. The van der Waals surface area contributed by atoms with Crippen LogP contribution < -0.4 is 4.90 Å². The number of anilines is 1. The number of nitro benzene ring substituents is 1. The molecule has 0 N–H and O–H groups in total. The van der Waals surface area contributed by atoms with Crippen molar-refractivity contribution in [3.05, 3.63) is 68.7 Å². The standard InChI is InChI=1S/C21H21ClN4O4S/c1-14-4-3-5-17-15(2)12-20(23-21(14)17)24-8-10-25(11-9-24)31(29,30)16-6-7-18(22)19(13-16)26(27)28/h3-7,12-13H,8-11H2,1-2H3. The van der Waals surface area contributed by atoms with Crippen molar-refractivity contribution in [3.63, 3.8) is 0 Å². The van der Waals surface area contributed by atoms with E-state index in [0.717, 1.165) is 33.9 Å². The summed E-state index contributed by atoms with van der Waals surface area (Å²) >= 11 is 5.82. The number of sulfonamides is 1. The quantitative estimate of drug-likeness (QED) is 0.432. The molecule has 10 heteroatoms. The number of benzene rings is 2. The van der Waals surface area contributed by atoms with Crippen LogP contribution in [0.15, 0.2) is 47.4 Å². The van der Waals surface area contributed by atoms with Crippen molar-refractivity contribution < 1.29 is 13.3 Å². The molecular weight excluding hydrogens is 440 g/mol. The van der Waals surface area contributed by atoms with E-state index in [1.54, 1.807) is 0 Å². The van der Waals surface area contributed by atoms with Crippen molar-refractivity contribution >= 4 is 44.0 Å². The Bertz CT molecular complexity index is 1290. The smallest absolute Gasteiger partial charge is 0.289 e. The molecule has 1 aromatic heterocycles. The number of hydrogen-bond acceptors (Lipinski definition) is 6. The maximum absolute atomic E-state index is 13.0. The lowest BCUT2D eigenvalue weighted by atomic mass is 10.1. The van der Waals surface area contributed by atoms with Gasteiger partial charge in [0.2, 0.25) is 10.0 Å². The minimum absolute atomic E-state index is 0.0955. The average Bonchev–Trinajstić information content (AvgIpc) is 2.74. The van der Waals surface area contributed by atoms with E-state index in [4.69, 9.17) is 16.6 Å². The van der Waals surface area contributed by atoms with Crippen LogP contribution in [0.3, 0.4) is 0 Å². The van der Waals surface area contributed by atoms with E-state index in [2.05, 4.69) is 4.90 Å². The summed E-state index contributed by atoms with van der Waals surface area (Å²) in [5.74, 6) is 0.818. The highest BCUT2D eigenvalue weighted by Gasteiger charge is 2.30. The summed E-state index contributed by atoms with van der Waals surface area (Å²) in [5.41, 5.74) is 2.73. The molecule has 2 heterocycles. The molecule has 1 aliphatic rings. The number of para-hydroxylation sites is 1. The van der Waals surface area contributed by atoms with E-state index in [1.165, 1.54) is 16.4 Å². The van der Waals surface area contributed by atoms with Gasteiger partial charge in [-0.2, -0.15) is 4.31 Å². The first-order chi connectivity index (χ1) is 14.7. The highest BCUT2D eigenvalue weighted by atomic mass is 35.5. The molecule has 162 valence electrons. The average molecular weight is 461 g/mol. The number of piperazine rings is 1. The topological polar surface area (TPSA) is 96.7 Å². The van der Waals surface area contributed by atoms with Crippen molar-refractivity contribution in [2.45, 2.75) is 18.7 Å². The Balaban J connectivity index is 1.56. The third-order valence-corrected chi connectivity index (χ3v) is 7.76. The summed E-state index contributed by atoms with van der Waals surface area (Å²) in [6.07, 6.45) is 0. The van der Waals surface area contributed by atoms with Crippen LogP contribution in [0.1, 0.15) is 11.1 Å². The van der Waals surface area contributed by atoms with Gasteiger partial charge in [0.25, 0.3) is 5.69 Å². The Morgan fingerprint density at radius 1 is 1.03 bits per heavy atom. The summed E-state index contributed by atoms with van der Waals surface area (Å²) < 4.78 is 27.4. The SMILES string of the molecule is Cc1cc(N2CCN(S(=O)(=O)c3ccc(Cl)c([N+](=O)[O-])c3)CC2)nc2c(C)cccc12. The zero-order chi connectivity index (χ0) is 22.3. The second kappa shape index (κ2) is 8.07. The number of nitrogens with zero attached hydrogens (tertiary/aromatic N) is 4. The predicted octanol–water partition coefficient (Wildman–Crippen LogP) is 3.92. The number of halogens is 1. The first kappa shape index (κ1) is 21.5. The molecule has 8 nitrogen and oxygen atoms in total. The Kier molecular flexibility index (Phi) is 5.59. The van der Waals surface area contributed by atoms with Gasteiger partial charge in [0.15, 0.2) is 0 Å². The zero-order valence-electron chi connectivity index (χ0n) is 17.1. The lowest BCUT2D eigenvalue weighted by Crippen LogP contribution is -2.49. The van der Waals surface area contributed by atoms with Crippen molar-refractivity contribution in [2.24, 2.45) is 0 Å². The van der Waals surface area contributed by atoms with Crippen LogP contribution >= 0.6 is 11.6 Å². The molecule has 0 unspecified atom stereocenters. The van der Waals surface area contributed by atoms with E-state index >= 15 is 0 Å². The Labute approximate surface area is 185 Å². The largest absolute Gasteiger partial charge is 0.354 e. The van der Waals surface area contributed by atoms with Gasteiger partial charge >= 0.3 is 0 Å². The van der Waals surface area contributed by atoms with Crippen LogP contribution in [0.25, 0.3) is 10.9 Å². The van der Waals surface area contributed by atoms with E-state index in [1.807, 2.05) is 38.1 Å². The maximum Gasteiger partial charge on any atom is 0.289 e. The third-order valence-electron chi connectivity index (χ3n) is 5.55. The van der Waals surface area contributed by atoms with Gasteiger partial charge in [-0.25, -0.2) is 13.4 Å². The normalized spacial score (nSPS) is 15.4. The molecule has 0 bridgehead atoms. The van der Waals surface area contributed by atoms with E-state index < -0.39 is 20.6 Å². The minimum atomic E-state index is -3.87. The highest BCUT2D eigenvalue weighted by molar-refractivity contribution is 7.89. The fraction of sp³-hybridized carbons (Fsp3) is 0.286. The summed E-state index contributed by atoms with van der Waals surface area (Å²) in [7, 11) is -3.87. The fourth-order valence-electron chi connectivity index (χ4n) is 3.81. The molecule has 1 fully saturated rings. The summed E-state index contributed by atoms with van der Waals surface area (Å²) in [5, 5.41) is 12.1. The first-order valence-corrected chi connectivity index (χ1v) is 11.6. The fourth-order valence-corrected chi connectivity index (χ4v) is 5.43. The van der Waals surface area contributed by atoms with Gasteiger partial charge in [-0.1, -0.05) is 29.8 Å². The second-order valence-corrected chi connectivity index (χ2v) is 9.88. The summed E-state index contributed by atoms with van der Waals surface area (Å²) in [4.78, 5) is 17.2. The molecule has 3 aromatic rings. The molecule has 31 heavy (non-hydrogen) atoms. The summed E-state index contributed by atoms with van der Waals surface area (Å²) in [6.45, 7) is 5.52. The zero-order valence-corrected chi connectivity index (χ0v) is 18.7. The Morgan fingerprint density at radius 3 is 2.42 bits per heavy atom. The lowest BCUT2D eigenvalue weighted by Gasteiger charge is -2.35. The van der Waals surface area contributed by atoms with E-state index in [0.29, 0.717) is 13.1 Å². The maximum atomic E-state index is 13.0. The van der Waals surface area contributed by atoms with Crippen LogP contribution in [0, 0.1) is 24.0 Å². The van der Waals surface area contributed by atoms with Crippen LogP contribution in [0.4, 0.5) is 11.5 Å². The number of nitro groups is 1. The van der Waals surface area contributed by atoms with Crippen molar-refractivity contribution in [3.8, 4) is 0 Å². The lowest BCUT2D eigenvalue weighted by molar-refractivity contribution is -0.384. The Hall–Kier alpha value is -2.75. The van der Waals surface area contributed by atoms with Gasteiger partial charge in [0, 0.05) is 37.6 Å². The van der Waals surface area contributed by atoms with Crippen molar-refractivity contribution in [2.75, 3.05) is 31.1 Å². The monoisotopic (exact) mass is 460 g/mol. The molecular formula is C21H21ClN4O4S. The summed E-state index contributed by atoms with van der Waals surface area (Å²) in [6, 6.07) is 11.7. The van der Waals surface area contributed by atoms with Gasteiger partial charge in [-0.15, -0.1) is 0 Å². The predicted molar refractivity (Wildman–Crippen MR) is 120 cm³/mol. The molecule has 0 atom stereocenters. The number of aromatic nitrogens is 1. The van der Waals surface area contributed by atoms with Crippen LogP contribution in [0.2, 0.25) is 5.02 Å². The van der Waals surface area contributed by atoms with E-state index in [-0.39, 0.29) is 23.0 Å². The number of fused-ring (bicyclic) bond motifs is 1. The molecule has 0 amide bonds. The number of aryl methyl sites for hydroxylation is 2. The molecule has 1 saturated heterocycles. The van der Waals surface area contributed by atoms with Gasteiger partial charge in [0.05, 0.1) is 15.3 Å². The molecule has 0 radical (unpaired) electrons. The van der Waals surface area contributed by atoms with Gasteiger partial charge < -0.3 is 4.90 Å². The van der Waals surface area contributed by atoms with Gasteiger partial charge in [-0.05, 0) is 43.2 Å². The molecule has 0 spiro atoms. The number of hydrogen-bond donors (Lipinski definition) is 0. The Morgan fingerprint density at radius 2 is 1.74 bits per heavy atom. The van der Waals surface area contributed by atoms with Gasteiger partial charge in [0.1, 0.15) is 10.8 Å². The second-order valence-electron chi connectivity index (χ2n) is 7.53. The van der Waals surface area contributed by atoms with Crippen LogP contribution in [0.5, 0.6) is 0 Å². The van der Waals surface area contributed by atoms with E-state index in [9.17, 15) is 18.5 Å². The molecule has 0 saturated carbocycles. The number of pyridine rings is 1. The van der Waals surface area contributed by atoms with Crippen LogP contribution in [-0.2, 0) is 10.0 Å². The molecule has 1 aliphatic heterocycles. The molecule has 2 aromatic carbocycles. The minimum Gasteiger partial charge on any atom is -0.354 e. The number of rotatable bonds is 4. The third kappa shape index (κ3) is 3.96. The van der Waals surface area contributed by atoms with Crippen LogP contribution in [-0.4, -0.2) is 48.8 Å². The van der Waals surface area contributed by atoms with Crippen molar-refractivity contribution in [1.82, 2.24) is 9.29 Å². The first-order valence-electron chi connectivity index (χ1n) is 9.74.